The van der Waals surface area contributed by atoms with Gasteiger partial charge < -0.3 is 4.42 Å². The third kappa shape index (κ3) is 4.17. The van der Waals surface area contributed by atoms with Gasteiger partial charge in [0.25, 0.3) is 0 Å². The molecule has 0 N–H and O–H groups in total. The maximum absolute atomic E-state index is 8.50. The Morgan fingerprint density at radius 1 is 0.378 bits per heavy atom. The lowest BCUT2D eigenvalue weighted by atomic mass is 9.84. The molecule has 0 saturated heterocycles. The number of fused-ring (bicyclic) bond motifs is 5. The Labute approximate surface area is 268 Å². The zero-order valence-corrected chi connectivity index (χ0v) is 24.2. The summed E-state index contributed by atoms with van der Waals surface area (Å²) in [6.07, 6.45) is 0. The van der Waals surface area contributed by atoms with Gasteiger partial charge in [-0.15, -0.1) is 0 Å². The van der Waals surface area contributed by atoms with Crippen LogP contribution in [0.15, 0.2) is 174 Å². The molecule has 45 heavy (non-hydrogen) atoms. The van der Waals surface area contributed by atoms with Crippen molar-refractivity contribution in [3.8, 4) is 44.5 Å². The molecule has 0 amide bonds. The van der Waals surface area contributed by atoms with E-state index in [4.69, 9.17) is 11.3 Å². The molecular weight excluding hydrogens is 544 g/mol. The molecule has 1 nitrogen and oxygen atoms in total. The molecule has 0 spiro atoms. The molecule has 1 heterocycles. The Morgan fingerprint density at radius 3 is 1.69 bits per heavy atom. The SMILES string of the molecule is [2H]c1c([2H])c([2H])c(-c2ccc3c(c2)oc2cccc(-c4ccc5c(-c6ccccc6)c6ccccc6c(-c6ccccc6)c5c4)c23)c([2H])c1[2H]. The van der Waals surface area contributed by atoms with Crippen LogP contribution in [0.4, 0.5) is 0 Å². The molecular formula is C44H28O. The van der Waals surface area contributed by atoms with E-state index in [1.54, 1.807) is 6.07 Å². The van der Waals surface area contributed by atoms with Crippen molar-refractivity contribution in [2.75, 3.05) is 0 Å². The summed E-state index contributed by atoms with van der Waals surface area (Å²) in [6, 6.07) is 46.5. The lowest BCUT2D eigenvalue weighted by Gasteiger charge is -2.19. The van der Waals surface area contributed by atoms with Crippen molar-refractivity contribution in [3.63, 3.8) is 0 Å². The van der Waals surface area contributed by atoms with Crippen molar-refractivity contribution in [2.45, 2.75) is 0 Å². The standard InChI is InChI=1S/C44H28O/c1-4-13-29(14-5-1)32-23-26-38-41(28-32)45-40-22-12-21-34(44(38)40)33-24-25-37-39(27-33)43(31-17-8-3-9-18-31)36-20-11-10-19-35(36)42(37)30-15-6-2-7-16-30/h1-28H/i1D,4D,5D,13D,14D. The van der Waals surface area contributed by atoms with E-state index in [0.29, 0.717) is 16.7 Å². The van der Waals surface area contributed by atoms with Gasteiger partial charge in [-0.3, -0.25) is 0 Å². The van der Waals surface area contributed by atoms with Crippen LogP contribution in [0.25, 0.3) is 88.0 Å². The van der Waals surface area contributed by atoms with Gasteiger partial charge in [-0.2, -0.15) is 0 Å². The van der Waals surface area contributed by atoms with Crippen molar-refractivity contribution in [3.05, 3.63) is 170 Å². The van der Waals surface area contributed by atoms with E-state index < -0.39 is 6.04 Å². The van der Waals surface area contributed by atoms with Crippen LogP contribution in [-0.2, 0) is 0 Å². The first kappa shape index (κ1) is 20.9. The summed E-state index contributed by atoms with van der Waals surface area (Å²) in [5, 5.41) is 6.56. The predicted octanol–water partition coefficient (Wildman–Crippen LogP) is 12.6. The van der Waals surface area contributed by atoms with Gasteiger partial charge in [-0.1, -0.05) is 145 Å². The van der Waals surface area contributed by atoms with Crippen LogP contribution >= 0.6 is 0 Å². The van der Waals surface area contributed by atoms with Crippen LogP contribution in [0.3, 0.4) is 0 Å². The molecule has 9 rings (SSSR count). The molecule has 9 aromatic rings. The molecule has 0 aliphatic carbocycles. The molecule has 0 aliphatic heterocycles. The monoisotopic (exact) mass is 577 g/mol. The van der Waals surface area contributed by atoms with Crippen LogP contribution in [0.1, 0.15) is 6.85 Å². The average molecular weight is 578 g/mol. The molecule has 0 atom stereocenters. The molecule has 0 bridgehead atoms. The van der Waals surface area contributed by atoms with Crippen LogP contribution in [-0.4, -0.2) is 0 Å². The summed E-state index contributed by atoms with van der Waals surface area (Å²) in [5.74, 6) is 0. The van der Waals surface area contributed by atoms with Gasteiger partial charge in [0.2, 0.25) is 0 Å². The Kier molecular flexibility index (Phi) is 4.81. The molecule has 0 radical (unpaired) electrons. The summed E-state index contributed by atoms with van der Waals surface area (Å²) in [5.41, 5.74) is 8.73. The molecule has 0 aliphatic rings. The molecule has 0 fully saturated rings. The Bertz CT molecular complexity index is 2780. The number of hydrogen-bond acceptors (Lipinski definition) is 1. The molecule has 1 aromatic heterocycles. The van der Waals surface area contributed by atoms with Crippen LogP contribution in [0.5, 0.6) is 0 Å². The first-order valence-electron chi connectivity index (χ1n) is 17.5. The number of furan rings is 1. The van der Waals surface area contributed by atoms with E-state index >= 15 is 0 Å². The predicted molar refractivity (Wildman–Crippen MR) is 190 cm³/mol. The highest BCUT2D eigenvalue weighted by molar-refractivity contribution is 6.22. The Hall–Kier alpha value is -5.92. The minimum atomic E-state index is -0.409. The largest absolute Gasteiger partial charge is 0.456 e. The second-order valence-corrected chi connectivity index (χ2v) is 11.3. The van der Waals surface area contributed by atoms with E-state index in [-0.39, 0.29) is 29.7 Å². The first-order chi connectivity index (χ1) is 24.4. The fraction of sp³-hybridized carbons (Fsp3) is 0. The van der Waals surface area contributed by atoms with Gasteiger partial charge in [-0.05, 0) is 90.3 Å². The van der Waals surface area contributed by atoms with Gasteiger partial charge >= 0.3 is 0 Å². The first-order valence-corrected chi connectivity index (χ1v) is 15.0. The van der Waals surface area contributed by atoms with Gasteiger partial charge in [0.05, 0.1) is 6.85 Å². The summed E-state index contributed by atoms with van der Waals surface area (Å²) < 4.78 is 47.7. The Balaban J connectivity index is 1.31. The zero-order valence-electron chi connectivity index (χ0n) is 29.2. The highest BCUT2D eigenvalue weighted by atomic mass is 16.3. The third-order valence-corrected chi connectivity index (χ3v) is 8.75. The lowest BCUT2D eigenvalue weighted by Crippen LogP contribution is -1.91. The highest BCUT2D eigenvalue weighted by Crippen LogP contribution is 2.46. The van der Waals surface area contributed by atoms with E-state index in [1.165, 1.54) is 32.8 Å². The summed E-state index contributed by atoms with van der Waals surface area (Å²) in [7, 11) is 0. The number of rotatable bonds is 4. The highest BCUT2D eigenvalue weighted by Gasteiger charge is 2.19. The second-order valence-electron chi connectivity index (χ2n) is 11.3. The van der Waals surface area contributed by atoms with Crippen molar-refractivity contribution < 1.29 is 11.3 Å². The van der Waals surface area contributed by atoms with Crippen molar-refractivity contribution in [2.24, 2.45) is 0 Å². The summed E-state index contributed by atoms with van der Waals surface area (Å²) in [4.78, 5) is 0. The van der Waals surface area contributed by atoms with E-state index in [0.717, 1.165) is 32.8 Å². The van der Waals surface area contributed by atoms with Crippen LogP contribution < -0.4 is 0 Å². The minimum absolute atomic E-state index is 0.156. The Morgan fingerprint density at radius 2 is 0.978 bits per heavy atom. The average Bonchev–Trinajstić information content (AvgIpc) is 3.54. The quantitative estimate of drug-likeness (QED) is 0.190. The topological polar surface area (TPSA) is 13.1 Å². The van der Waals surface area contributed by atoms with Crippen LogP contribution in [0, 0.1) is 0 Å². The zero-order chi connectivity index (χ0) is 34.1. The minimum Gasteiger partial charge on any atom is -0.456 e. The summed E-state index contributed by atoms with van der Waals surface area (Å²) >= 11 is 0. The van der Waals surface area contributed by atoms with E-state index in [2.05, 4.69) is 97.1 Å². The third-order valence-electron chi connectivity index (χ3n) is 8.75. The molecule has 210 valence electrons. The fourth-order valence-corrected chi connectivity index (χ4v) is 6.79. The van der Waals surface area contributed by atoms with Crippen molar-refractivity contribution in [1.29, 1.82) is 0 Å². The van der Waals surface area contributed by atoms with Crippen LogP contribution in [0.2, 0.25) is 0 Å². The summed E-state index contributed by atoms with van der Waals surface area (Å²) in [6.45, 7) is 0. The van der Waals surface area contributed by atoms with Gasteiger partial charge in [0.1, 0.15) is 11.2 Å². The van der Waals surface area contributed by atoms with Crippen molar-refractivity contribution in [1.82, 2.24) is 0 Å². The lowest BCUT2D eigenvalue weighted by molar-refractivity contribution is 0.669. The van der Waals surface area contributed by atoms with Gasteiger partial charge in [-0.25, -0.2) is 0 Å². The van der Waals surface area contributed by atoms with Crippen molar-refractivity contribution >= 4 is 43.5 Å². The maximum Gasteiger partial charge on any atom is 0.136 e. The van der Waals surface area contributed by atoms with E-state index in [1.807, 2.05) is 36.4 Å². The molecule has 8 aromatic carbocycles. The number of benzene rings is 8. The molecule has 1 heteroatoms. The van der Waals surface area contributed by atoms with Gasteiger partial charge in [0.15, 0.2) is 0 Å². The number of hydrogen-bond donors (Lipinski definition) is 0. The van der Waals surface area contributed by atoms with Gasteiger partial charge in [0, 0.05) is 10.8 Å². The smallest absolute Gasteiger partial charge is 0.136 e. The fourth-order valence-electron chi connectivity index (χ4n) is 6.79. The van der Waals surface area contributed by atoms with E-state index in [9.17, 15) is 0 Å². The second kappa shape index (κ2) is 10.4. The molecule has 0 saturated carbocycles. The normalized spacial score (nSPS) is 13.1. The maximum atomic E-state index is 8.50. The molecule has 0 unspecified atom stereocenters.